The van der Waals surface area contributed by atoms with E-state index >= 15 is 0 Å². The van der Waals surface area contributed by atoms with E-state index in [4.69, 9.17) is 14.6 Å². The number of aliphatic hydroxyl groups is 1. The zero-order chi connectivity index (χ0) is 23.6. The van der Waals surface area contributed by atoms with Gasteiger partial charge in [0.25, 0.3) is 0 Å². The molecule has 3 N–H and O–H groups in total. The molecule has 0 saturated carbocycles. The molecule has 5 heteroatoms. The van der Waals surface area contributed by atoms with Crippen LogP contribution in [0.4, 0.5) is 0 Å². The van der Waals surface area contributed by atoms with Crippen LogP contribution in [0.2, 0.25) is 0 Å². The molecule has 0 saturated heterocycles. The maximum atomic E-state index is 9.79. The van der Waals surface area contributed by atoms with Crippen LogP contribution in [-0.2, 0) is 11.2 Å². The fourth-order valence-electron chi connectivity index (χ4n) is 3.97. The standard InChI is InChI=1S/C28H32O5/c1-3-26(23-7-6-20(27(19-23)32-2)5-4-17-33-18-16-29)28(21-8-12-24(30)13-9-21)22-10-14-25(31)15-11-22/h6-15,19,29-31H,3-5,16-18H2,1-2H3. The first kappa shape index (κ1) is 24.4. The van der Waals surface area contributed by atoms with Crippen LogP contribution in [0, 0.1) is 0 Å². The highest BCUT2D eigenvalue weighted by Crippen LogP contribution is 2.37. The van der Waals surface area contributed by atoms with Crippen molar-refractivity contribution >= 4 is 11.1 Å². The Bertz CT molecular complexity index is 1010. The van der Waals surface area contributed by atoms with E-state index in [2.05, 4.69) is 25.1 Å². The van der Waals surface area contributed by atoms with Crippen LogP contribution in [0.1, 0.15) is 42.0 Å². The molecule has 33 heavy (non-hydrogen) atoms. The molecule has 3 rings (SSSR count). The van der Waals surface area contributed by atoms with Gasteiger partial charge < -0.3 is 24.8 Å². The molecule has 0 fully saturated rings. The molecule has 0 bridgehead atoms. The number of hydrogen-bond donors (Lipinski definition) is 3. The number of rotatable bonds is 11. The number of phenols is 2. The number of allylic oxidation sites excluding steroid dienone is 1. The minimum atomic E-state index is 0.0363. The number of aryl methyl sites for hydroxylation is 1. The fourth-order valence-corrected chi connectivity index (χ4v) is 3.97. The number of aromatic hydroxyl groups is 2. The molecule has 0 aliphatic carbocycles. The van der Waals surface area contributed by atoms with E-state index < -0.39 is 0 Å². The fraction of sp³-hybridized carbons (Fsp3) is 0.286. The summed E-state index contributed by atoms with van der Waals surface area (Å²) in [5.41, 5.74) is 6.33. The summed E-state index contributed by atoms with van der Waals surface area (Å²) in [6, 6.07) is 20.7. The second-order valence-corrected chi connectivity index (χ2v) is 7.77. The molecule has 3 aromatic carbocycles. The molecule has 0 aromatic heterocycles. The number of aliphatic hydroxyl groups excluding tert-OH is 1. The van der Waals surface area contributed by atoms with Gasteiger partial charge in [-0.1, -0.05) is 43.3 Å². The van der Waals surface area contributed by atoms with Gasteiger partial charge in [-0.15, -0.1) is 0 Å². The van der Waals surface area contributed by atoms with Crippen molar-refractivity contribution in [1.29, 1.82) is 0 Å². The van der Waals surface area contributed by atoms with Crippen molar-refractivity contribution in [1.82, 2.24) is 0 Å². The molecule has 5 nitrogen and oxygen atoms in total. The van der Waals surface area contributed by atoms with Gasteiger partial charge in [-0.05, 0) is 83.0 Å². The summed E-state index contributed by atoms with van der Waals surface area (Å²) in [6.45, 7) is 3.11. The second-order valence-electron chi connectivity index (χ2n) is 7.77. The van der Waals surface area contributed by atoms with Gasteiger partial charge in [0.2, 0.25) is 0 Å². The smallest absolute Gasteiger partial charge is 0.122 e. The Hall–Kier alpha value is -3.28. The van der Waals surface area contributed by atoms with Gasteiger partial charge in [0, 0.05) is 6.61 Å². The summed E-state index contributed by atoms with van der Waals surface area (Å²) in [5, 5.41) is 28.4. The molecule has 0 atom stereocenters. The van der Waals surface area contributed by atoms with Gasteiger partial charge in [-0.2, -0.15) is 0 Å². The average Bonchev–Trinajstić information content (AvgIpc) is 2.84. The van der Waals surface area contributed by atoms with Crippen molar-refractivity contribution in [3.05, 3.63) is 89.0 Å². The minimum absolute atomic E-state index is 0.0363. The van der Waals surface area contributed by atoms with E-state index in [1.54, 1.807) is 31.4 Å². The summed E-state index contributed by atoms with van der Waals surface area (Å²) >= 11 is 0. The highest BCUT2D eigenvalue weighted by atomic mass is 16.5. The monoisotopic (exact) mass is 448 g/mol. The Morgan fingerprint density at radius 2 is 1.36 bits per heavy atom. The van der Waals surface area contributed by atoms with Gasteiger partial charge in [0.05, 0.1) is 20.3 Å². The second kappa shape index (κ2) is 12.1. The van der Waals surface area contributed by atoms with E-state index in [0.29, 0.717) is 13.2 Å². The Morgan fingerprint density at radius 3 is 1.88 bits per heavy atom. The van der Waals surface area contributed by atoms with Crippen LogP contribution in [-0.4, -0.2) is 42.3 Å². The van der Waals surface area contributed by atoms with E-state index in [1.807, 2.05) is 24.3 Å². The van der Waals surface area contributed by atoms with Gasteiger partial charge in [-0.3, -0.25) is 0 Å². The minimum Gasteiger partial charge on any atom is -0.508 e. The molecule has 0 aliphatic rings. The van der Waals surface area contributed by atoms with E-state index in [1.165, 1.54) is 0 Å². The largest absolute Gasteiger partial charge is 0.508 e. The van der Waals surface area contributed by atoms with Crippen molar-refractivity contribution in [3.8, 4) is 17.2 Å². The topological polar surface area (TPSA) is 79.2 Å². The lowest BCUT2D eigenvalue weighted by Gasteiger charge is -2.18. The van der Waals surface area contributed by atoms with Crippen molar-refractivity contribution in [2.75, 3.05) is 26.9 Å². The molecule has 174 valence electrons. The molecule has 0 radical (unpaired) electrons. The lowest BCUT2D eigenvalue weighted by molar-refractivity contribution is 0.0908. The zero-order valence-electron chi connectivity index (χ0n) is 19.3. The zero-order valence-corrected chi connectivity index (χ0v) is 19.3. The van der Waals surface area contributed by atoms with Crippen molar-refractivity contribution in [3.63, 3.8) is 0 Å². The van der Waals surface area contributed by atoms with Crippen molar-refractivity contribution < 1.29 is 24.8 Å². The molecule has 0 heterocycles. The first-order valence-electron chi connectivity index (χ1n) is 11.2. The molecule has 0 unspecified atom stereocenters. The van der Waals surface area contributed by atoms with Crippen LogP contribution in [0.5, 0.6) is 17.2 Å². The molecule has 0 amide bonds. The highest BCUT2D eigenvalue weighted by molar-refractivity contribution is 5.98. The maximum absolute atomic E-state index is 9.79. The van der Waals surface area contributed by atoms with Gasteiger partial charge in [0.15, 0.2) is 0 Å². The first-order valence-corrected chi connectivity index (χ1v) is 11.2. The Balaban J connectivity index is 2.03. The van der Waals surface area contributed by atoms with Crippen molar-refractivity contribution in [2.45, 2.75) is 26.2 Å². The van der Waals surface area contributed by atoms with E-state index in [9.17, 15) is 10.2 Å². The predicted molar refractivity (Wildman–Crippen MR) is 132 cm³/mol. The lowest BCUT2D eigenvalue weighted by Crippen LogP contribution is -2.03. The number of phenolic OH excluding ortho intramolecular Hbond substituents is 2. The van der Waals surface area contributed by atoms with E-state index in [-0.39, 0.29) is 18.1 Å². The number of methoxy groups -OCH3 is 1. The molecule has 0 aliphatic heterocycles. The molecular weight excluding hydrogens is 416 g/mol. The summed E-state index contributed by atoms with van der Waals surface area (Å²) in [5.74, 6) is 1.27. The van der Waals surface area contributed by atoms with Crippen LogP contribution < -0.4 is 4.74 Å². The molecular formula is C28H32O5. The third kappa shape index (κ3) is 6.37. The van der Waals surface area contributed by atoms with Gasteiger partial charge in [0.1, 0.15) is 17.2 Å². The summed E-state index contributed by atoms with van der Waals surface area (Å²) in [6.07, 6.45) is 2.45. The van der Waals surface area contributed by atoms with Gasteiger partial charge in [-0.25, -0.2) is 0 Å². The quantitative estimate of drug-likeness (QED) is 0.270. The van der Waals surface area contributed by atoms with Crippen LogP contribution >= 0.6 is 0 Å². The lowest BCUT2D eigenvalue weighted by atomic mass is 9.87. The predicted octanol–water partition coefficient (Wildman–Crippen LogP) is 5.42. The van der Waals surface area contributed by atoms with Crippen LogP contribution in [0.15, 0.2) is 66.7 Å². The van der Waals surface area contributed by atoms with E-state index in [0.717, 1.165) is 58.4 Å². The van der Waals surface area contributed by atoms with Crippen molar-refractivity contribution in [2.24, 2.45) is 0 Å². The summed E-state index contributed by atoms with van der Waals surface area (Å²) < 4.78 is 11.1. The number of ether oxygens (including phenoxy) is 2. The summed E-state index contributed by atoms with van der Waals surface area (Å²) in [4.78, 5) is 0. The Morgan fingerprint density at radius 1 is 0.788 bits per heavy atom. The third-order valence-corrected chi connectivity index (χ3v) is 5.57. The van der Waals surface area contributed by atoms with Gasteiger partial charge >= 0.3 is 0 Å². The van der Waals surface area contributed by atoms with Crippen LogP contribution in [0.3, 0.4) is 0 Å². The maximum Gasteiger partial charge on any atom is 0.122 e. The number of hydrogen-bond acceptors (Lipinski definition) is 5. The first-order chi connectivity index (χ1) is 16.1. The summed E-state index contributed by atoms with van der Waals surface area (Å²) in [7, 11) is 1.68. The SMILES string of the molecule is CCC(=C(c1ccc(O)cc1)c1ccc(O)cc1)c1ccc(CCCOCCO)c(OC)c1. The average molecular weight is 449 g/mol. The Labute approximate surface area is 195 Å². The third-order valence-electron chi connectivity index (χ3n) is 5.57. The molecule has 3 aromatic rings. The van der Waals surface area contributed by atoms with Crippen LogP contribution in [0.25, 0.3) is 11.1 Å². The Kier molecular flexibility index (Phi) is 8.93. The highest BCUT2D eigenvalue weighted by Gasteiger charge is 2.15. The normalized spacial score (nSPS) is 10.8. The number of benzene rings is 3. The molecule has 0 spiro atoms.